The second-order valence-corrected chi connectivity index (χ2v) is 7.57. The molecule has 0 saturated heterocycles. The Hall–Kier alpha value is -1.41. The lowest BCUT2D eigenvalue weighted by molar-refractivity contribution is 0.578. The highest BCUT2D eigenvalue weighted by Gasteiger charge is 2.10. The standard InChI is InChI=1S/C15H21FN4O2S.HI/c1-11(6-7-23(3,21)22)20-15(18-2)19-10-13-5-4-12(9-17)8-14(13)16;/h4-5,8,11H,6-7,10H2,1-3H3,(H2,18,19,20);1H. The summed E-state index contributed by atoms with van der Waals surface area (Å²) in [6, 6.07) is 6.05. The van der Waals surface area contributed by atoms with Crippen LogP contribution in [0.15, 0.2) is 23.2 Å². The van der Waals surface area contributed by atoms with Crippen LogP contribution in [0.2, 0.25) is 0 Å². The van der Waals surface area contributed by atoms with Crippen LogP contribution >= 0.6 is 24.0 Å². The Morgan fingerprint density at radius 1 is 1.46 bits per heavy atom. The van der Waals surface area contributed by atoms with Crippen LogP contribution in [0.5, 0.6) is 0 Å². The van der Waals surface area contributed by atoms with Gasteiger partial charge in [-0.25, -0.2) is 12.8 Å². The first-order chi connectivity index (χ1) is 10.7. The van der Waals surface area contributed by atoms with Crippen LogP contribution in [-0.2, 0) is 16.4 Å². The molecule has 0 amide bonds. The average Bonchev–Trinajstić information content (AvgIpc) is 2.49. The van der Waals surface area contributed by atoms with E-state index in [0.717, 1.165) is 0 Å². The number of hydrogen-bond acceptors (Lipinski definition) is 4. The number of sulfone groups is 1. The lowest BCUT2D eigenvalue weighted by atomic mass is 10.1. The summed E-state index contributed by atoms with van der Waals surface area (Å²) in [6.45, 7) is 2.05. The van der Waals surface area contributed by atoms with Gasteiger partial charge in [0.2, 0.25) is 0 Å². The molecule has 134 valence electrons. The van der Waals surface area contributed by atoms with E-state index in [9.17, 15) is 12.8 Å². The molecule has 0 fully saturated rings. The zero-order valence-electron chi connectivity index (χ0n) is 13.8. The molecule has 0 saturated carbocycles. The molecule has 0 aliphatic rings. The Morgan fingerprint density at radius 2 is 2.12 bits per heavy atom. The summed E-state index contributed by atoms with van der Waals surface area (Å²) < 4.78 is 36.1. The van der Waals surface area contributed by atoms with Gasteiger partial charge in [-0.3, -0.25) is 4.99 Å². The second kappa shape index (κ2) is 10.5. The van der Waals surface area contributed by atoms with E-state index < -0.39 is 15.7 Å². The lowest BCUT2D eigenvalue weighted by Gasteiger charge is -2.17. The largest absolute Gasteiger partial charge is 0.354 e. The number of nitrogens with zero attached hydrogens (tertiary/aromatic N) is 2. The number of nitriles is 1. The molecule has 1 atom stereocenters. The minimum absolute atomic E-state index is 0. The molecule has 1 aromatic carbocycles. The molecule has 0 aliphatic carbocycles. The average molecular weight is 468 g/mol. The van der Waals surface area contributed by atoms with Crippen molar-refractivity contribution >= 4 is 39.8 Å². The number of rotatable bonds is 6. The van der Waals surface area contributed by atoms with Crippen LogP contribution in [0.4, 0.5) is 4.39 Å². The molecule has 9 heteroatoms. The van der Waals surface area contributed by atoms with Crippen molar-refractivity contribution in [3.8, 4) is 6.07 Å². The highest BCUT2D eigenvalue weighted by molar-refractivity contribution is 14.0. The van der Waals surface area contributed by atoms with E-state index in [2.05, 4.69) is 15.6 Å². The Labute approximate surface area is 159 Å². The minimum atomic E-state index is -3.01. The maximum atomic E-state index is 13.8. The third-order valence-corrected chi connectivity index (χ3v) is 4.13. The van der Waals surface area contributed by atoms with Gasteiger partial charge in [0.05, 0.1) is 17.4 Å². The molecule has 0 bridgehead atoms. The van der Waals surface area contributed by atoms with E-state index in [-0.39, 0.29) is 47.9 Å². The number of guanidine groups is 1. The Bertz CT molecular complexity index is 717. The minimum Gasteiger partial charge on any atom is -0.354 e. The predicted octanol–water partition coefficient (Wildman–Crippen LogP) is 1.80. The fourth-order valence-corrected chi connectivity index (χ4v) is 2.61. The quantitative estimate of drug-likeness (QED) is 0.377. The van der Waals surface area contributed by atoms with Crippen LogP contribution in [0.25, 0.3) is 0 Å². The fraction of sp³-hybridized carbons (Fsp3) is 0.467. The number of nitrogens with one attached hydrogen (secondary N) is 2. The number of hydrogen-bond donors (Lipinski definition) is 2. The molecule has 0 aromatic heterocycles. The maximum Gasteiger partial charge on any atom is 0.191 e. The van der Waals surface area contributed by atoms with E-state index in [1.165, 1.54) is 12.3 Å². The van der Waals surface area contributed by atoms with Crippen molar-refractivity contribution < 1.29 is 12.8 Å². The summed E-state index contributed by atoms with van der Waals surface area (Å²) in [7, 11) is -1.43. The van der Waals surface area contributed by atoms with Crippen molar-refractivity contribution in [2.24, 2.45) is 4.99 Å². The SMILES string of the molecule is CN=C(NCc1ccc(C#N)cc1F)NC(C)CCS(C)(=O)=O.I. The van der Waals surface area contributed by atoms with Crippen LogP contribution in [0.3, 0.4) is 0 Å². The van der Waals surface area contributed by atoms with E-state index in [1.807, 2.05) is 13.0 Å². The summed E-state index contributed by atoms with van der Waals surface area (Å²) in [5, 5.41) is 14.7. The number of halogens is 2. The number of benzene rings is 1. The van der Waals surface area contributed by atoms with Crippen molar-refractivity contribution in [1.82, 2.24) is 10.6 Å². The molecular weight excluding hydrogens is 446 g/mol. The van der Waals surface area contributed by atoms with Gasteiger partial charge in [-0.2, -0.15) is 5.26 Å². The van der Waals surface area contributed by atoms with Gasteiger partial charge in [0.15, 0.2) is 5.96 Å². The topological polar surface area (TPSA) is 94.3 Å². The fourth-order valence-electron chi connectivity index (χ4n) is 1.83. The first-order valence-corrected chi connectivity index (χ1v) is 9.14. The van der Waals surface area contributed by atoms with Gasteiger partial charge in [-0.1, -0.05) is 6.07 Å². The molecule has 6 nitrogen and oxygen atoms in total. The summed E-state index contributed by atoms with van der Waals surface area (Å²) >= 11 is 0. The van der Waals surface area contributed by atoms with E-state index >= 15 is 0 Å². The van der Waals surface area contributed by atoms with E-state index in [0.29, 0.717) is 17.9 Å². The van der Waals surface area contributed by atoms with Crippen LogP contribution in [-0.4, -0.2) is 39.5 Å². The summed E-state index contributed by atoms with van der Waals surface area (Å²) in [6.07, 6.45) is 1.64. The monoisotopic (exact) mass is 468 g/mol. The highest BCUT2D eigenvalue weighted by atomic mass is 127. The van der Waals surface area contributed by atoms with Crippen molar-refractivity contribution in [1.29, 1.82) is 5.26 Å². The van der Waals surface area contributed by atoms with Gasteiger partial charge in [0, 0.05) is 31.5 Å². The first kappa shape index (κ1) is 22.6. The maximum absolute atomic E-state index is 13.8. The molecule has 2 N–H and O–H groups in total. The van der Waals surface area contributed by atoms with Crippen molar-refractivity contribution in [2.45, 2.75) is 25.9 Å². The van der Waals surface area contributed by atoms with Gasteiger partial charge >= 0.3 is 0 Å². The molecule has 0 heterocycles. The Morgan fingerprint density at radius 3 is 2.62 bits per heavy atom. The summed E-state index contributed by atoms with van der Waals surface area (Å²) in [4.78, 5) is 4.02. The number of aliphatic imine (C=N–C) groups is 1. The van der Waals surface area contributed by atoms with Gasteiger partial charge in [-0.15, -0.1) is 24.0 Å². The summed E-state index contributed by atoms with van der Waals surface area (Å²) in [5.74, 6) is 0.0782. The molecule has 1 aromatic rings. The molecule has 0 radical (unpaired) electrons. The van der Waals surface area contributed by atoms with Crippen LogP contribution in [0.1, 0.15) is 24.5 Å². The molecule has 1 rings (SSSR count). The third-order valence-electron chi connectivity index (χ3n) is 3.16. The van der Waals surface area contributed by atoms with Gasteiger partial charge in [-0.05, 0) is 25.5 Å². The third kappa shape index (κ3) is 8.44. The Balaban J connectivity index is 0.00000529. The van der Waals surface area contributed by atoms with E-state index in [1.54, 1.807) is 19.2 Å². The predicted molar refractivity (Wildman–Crippen MR) is 104 cm³/mol. The van der Waals surface area contributed by atoms with Gasteiger partial charge in [0.25, 0.3) is 0 Å². The zero-order valence-corrected chi connectivity index (χ0v) is 17.0. The second-order valence-electron chi connectivity index (χ2n) is 5.31. The normalized spacial score (nSPS) is 12.7. The zero-order chi connectivity index (χ0) is 17.5. The molecule has 24 heavy (non-hydrogen) atoms. The molecular formula is C15H22FIN4O2S. The molecule has 0 aliphatic heterocycles. The van der Waals surface area contributed by atoms with Gasteiger partial charge in [0.1, 0.15) is 15.7 Å². The summed E-state index contributed by atoms with van der Waals surface area (Å²) in [5.41, 5.74) is 0.680. The first-order valence-electron chi connectivity index (χ1n) is 7.08. The van der Waals surface area contributed by atoms with Crippen molar-refractivity contribution in [3.63, 3.8) is 0 Å². The van der Waals surface area contributed by atoms with Crippen LogP contribution in [0, 0.1) is 17.1 Å². The Kier molecular flexibility index (Phi) is 9.84. The van der Waals surface area contributed by atoms with Crippen molar-refractivity contribution in [3.05, 3.63) is 35.1 Å². The lowest BCUT2D eigenvalue weighted by Crippen LogP contribution is -2.42. The van der Waals surface area contributed by atoms with Crippen molar-refractivity contribution in [2.75, 3.05) is 19.1 Å². The highest BCUT2D eigenvalue weighted by Crippen LogP contribution is 2.09. The van der Waals surface area contributed by atoms with Gasteiger partial charge < -0.3 is 10.6 Å². The smallest absolute Gasteiger partial charge is 0.191 e. The molecule has 0 spiro atoms. The molecule has 1 unspecified atom stereocenters. The van der Waals surface area contributed by atoms with Crippen LogP contribution < -0.4 is 10.6 Å². The van der Waals surface area contributed by atoms with E-state index in [4.69, 9.17) is 5.26 Å².